The summed E-state index contributed by atoms with van der Waals surface area (Å²) in [6.07, 6.45) is 4.84. The van der Waals surface area contributed by atoms with Gasteiger partial charge >= 0.3 is 0 Å². The number of hydrogen-bond acceptors (Lipinski definition) is 5. The molecule has 2 heterocycles. The lowest BCUT2D eigenvalue weighted by Gasteiger charge is -2.20. The molecule has 1 saturated heterocycles. The molecular formula is C18H23N3O2. The van der Waals surface area contributed by atoms with Gasteiger partial charge in [0.15, 0.2) is 0 Å². The van der Waals surface area contributed by atoms with E-state index in [1.54, 1.807) is 20.4 Å². The highest BCUT2D eigenvalue weighted by atomic mass is 16.5. The lowest BCUT2D eigenvalue weighted by molar-refractivity contribution is 0.394. The lowest BCUT2D eigenvalue weighted by Crippen LogP contribution is -2.32. The van der Waals surface area contributed by atoms with Gasteiger partial charge in [-0.2, -0.15) is 0 Å². The van der Waals surface area contributed by atoms with E-state index in [1.165, 1.54) is 5.56 Å². The van der Waals surface area contributed by atoms with Crippen LogP contribution in [0.1, 0.15) is 12.0 Å². The highest BCUT2D eigenvalue weighted by molar-refractivity contribution is 5.56. The Balaban J connectivity index is 1.61. The molecule has 1 aromatic carbocycles. The van der Waals surface area contributed by atoms with Crippen LogP contribution in [0.25, 0.3) is 0 Å². The van der Waals surface area contributed by atoms with Crippen LogP contribution >= 0.6 is 0 Å². The van der Waals surface area contributed by atoms with E-state index < -0.39 is 0 Å². The third-order valence-corrected chi connectivity index (χ3v) is 4.21. The smallest absolute Gasteiger partial charge is 0.124 e. The van der Waals surface area contributed by atoms with Crippen LogP contribution in [0.5, 0.6) is 11.5 Å². The number of pyridine rings is 1. The van der Waals surface area contributed by atoms with Crippen LogP contribution in [0.3, 0.4) is 0 Å². The molecule has 0 spiro atoms. The predicted octanol–water partition coefficient (Wildman–Crippen LogP) is 2.47. The maximum atomic E-state index is 5.36. The summed E-state index contributed by atoms with van der Waals surface area (Å²) < 4.78 is 10.7. The second-order valence-electron chi connectivity index (χ2n) is 5.74. The average Bonchev–Trinajstić information content (AvgIpc) is 3.09. The molecule has 23 heavy (non-hydrogen) atoms. The first-order chi connectivity index (χ1) is 11.3. The van der Waals surface area contributed by atoms with Crippen molar-refractivity contribution in [2.75, 3.05) is 32.2 Å². The van der Waals surface area contributed by atoms with Crippen LogP contribution in [-0.4, -0.2) is 38.3 Å². The highest BCUT2D eigenvalue weighted by Gasteiger charge is 2.23. The molecule has 1 aliphatic rings. The lowest BCUT2D eigenvalue weighted by atomic mass is 10.2. The SMILES string of the molecule is COc1cc(OC)cc(N2CC[C@H](NCc3cccnc3)C2)c1. The Labute approximate surface area is 137 Å². The van der Waals surface area contributed by atoms with Crippen LogP contribution < -0.4 is 19.7 Å². The number of aromatic nitrogens is 1. The van der Waals surface area contributed by atoms with Crippen LogP contribution in [0, 0.1) is 0 Å². The van der Waals surface area contributed by atoms with Gasteiger partial charge in [0.25, 0.3) is 0 Å². The Kier molecular flexibility index (Phi) is 4.98. The number of anilines is 1. The normalized spacial score (nSPS) is 17.3. The monoisotopic (exact) mass is 313 g/mol. The van der Waals surface area contributed by atoms with Gasteiger partial charge in [0.1, 0.15) is 11.5 Å². The van der Waals surface area contributed by atoms with Crippen LogP contribution in [0.4, 0.5) is 5.69 Å². The standard InChI is InChI=1S/C18H23N3O2/c1-22-17-8-16(9-18(10-17)23-2)21-7-5-15(13-21)20-12-14-4-3-6-19-11-14/h3-4,6,8-11,15,20H,5,7,12-13H2,1-2H3/t15-/m0/s1. The predicted molar refractivity (Wildman–Crippen MR) is 91.2 cm³/mol. The average molecular weight is 313 g/mol. The van der Waals surface area contributed by atoms with Crippen LogP contribution in [0.2, 0.25) is 0 Å². The molecule has 122 valence electrons. The van der Waals surface area contributed by atoms with Gasteiger partial charge in [0.2, 0.25) is 0 Å². The number of rotatable bonds is 6. The molecule has 5 nitrogen and oxygen atoms in total. The van der Waals surface area contributed by atoms with Gasteiger partial charge < -0.3 is 19.7 Å². The summed E-state index contributed by atoms with van der Waals surface area (Å²) in [7, 11) is 3.36. The minimum absolute atomic E-state index is 0.479. The molecule has 2 aromatic rings. The van der Waals surface area contributed by atoms with Crippen molar-refractivity contribution in [3.8, 4) is 11.5 Å². The second kappa shape index (κ2) is 7.33. The number of methoxy groups -OCH3 is 2. The maximum Gasteiger partial charge on any atom is 0.124 e. The van der Waals surface area contributed by atoms with Crippen LogP contribution in [-0.2, 0) is 6.54 Å². The highest BCUT2D eigenvalue weighted by Crippen LogP contribution is 2.30. The minimum atomic E-state index is 0.479. The molecule has 1 atom stereocenters. The first kappa shape index (κ1) is 15.6. The number of ether oxygens (including phenoxy) is 2. The van der Waals surface area contributed by atoms with Crippen molar-refractivity contribution in [2.24, 2.45) is 0 Å². The van der Waals surface area contributed by atoms with Gasteiger partial charge in [-0.3, -0.25) is 4.98 Å². The molecular weight excluding hydrogens is 290 g/mol. The van der Waals surface area contributed by atoms with E-state index in [1.807, 2.05) is 18.3 Å². The molecule has 0 unspecified atom stereocenters. The maximum absolute atomic E-state index is 5.36. The fourth-order valence-electron chi connectivity index (χ4n) is 2.90. The third-order valence-electron chi connectivity index (χ3n) is 4.21. The quantitative estimate of drug-likeness (QED) is 0.888. The first-order valence-electron chi connectivity index (χ1n) is 7.89. The van der Waals surface area contributed by atoms with Crippen molar-refractivity contribution in [3.05, 3.63) is 48.3 Å². The number of nitrogens with one attached hydrogen (secondary N) is 1. The Bertz CT molecular complexity index is 611. The molecule has 0 aliphatic carbocycles. The van der Waals surface area contributed by atoms with Crippen molar-refractivity contribution in [3.63, 3.8) is 0 Å². The van der Waals surface area contributed by atoms with Gasteiger partial charge in [-0.1, -0.05) is 6.07 Å². The molecule has 3 rings (SSSR count). The van der Waals surface area contributed by atoms with Gasteiger partial charge in [-0.15, -0.1) is 0 Å². The van der Waals surface area contributed by atoms with Gasteiger partial charge in [-0.25, -0.2) is 0 Å². The fraction of sp³-hybridized carbons (Fsp3) is 0.389. The van der Waals surface area contributed by atoms with Crippen molar-refractivity contribution in [1.82, 2.24) is 10.3 Å². The van der Waals surface area contributed by atoms with Gasteiger partial charge in [0.05, 0.1) is 14.2 Å². The summed E-state index contributed by atoms with van der Waals surface area (Å²) in [5.41, 5.74) is 2.36. The Morgan fingerprint density at radius 2 is 2.00 bits per heavy atom. The van der Waals surface area contributed by atoms with Gasteiger partial charge in [0, 0.05) is 62.0 Å². The van der Waals surface area contributed by atoms with E-state index in [2.05, 4.69) is 33.4 Å². The zero-order valence-electron chi connectivity index (χ0n) is 13.7. The Hall–Kier alpha value is -2.27. The molecule has 0 amide bonds. The number of hydrogen-bond donors (Lipinski definition) is 1. The second-order valence-corrected chi connectivity index (χ2v) is 5.74. The molecule has 5 heteroatoms. The van der Waals surface area contributed by atoms with Crippen molar-refractivity contribution >= 4 is 5.69 Å². The fourth-order valence-corrected chi connectivity index (χ4v) is 2.90. The van der Waals surface area contributed by atoms with Crippen molar-refractivity contribution in [2.45, 2.75) is 19.0 Å². The molecule has 1 aliphatic heterocycles. The largest absolute Gasteiger partial charge is 0.497 e. The summed E-state index contributed by atoms with van der Waals surface area (Å²) in [6, 6.07) is 10.6. The summed E-state index contributed by atoms with van der Waals surface area (Å²) in [5.74, 6) is 1.65. The van der Waals surface area contributed by atoms with Gasteiger partial charge in [-0.05, 0) is 18.1 Å². The number of benzene rings is 1. The van der Waals surface area contributed by atoms with E-state index in [0.29, 0.717) is 6.04 Å². The molecule has 1 fully saturated rings. The zero-order valence-corrected chi connectivity index (χ0v) is 13.7. The topological polar surface area (TPSA) is 46.6 Å². The first-order valence-corrected chi connectivity index (χ1v) is 7.89. The van der Waals surface area contributed by atoms with E-state index in [0.717, 1.165) is 43.2 Å². The van der Waals surface area contributed by atoms with Crippen LogP contribution in [0.15, 0.2) is 42.7 Å². The van der Waals surface area contributed by atoms with Crippen molar-refractivity contribution < 1.29 is 9.47 Å². The minimum Gasteiger partial charge on any atom is -0.497 e. The molecule has 0 radical (unpaired) electrons. The number of nitrogens with zero attached hydrogens (tertiary/aromatic N) is 2. The molecule has 0 saturated carbocycles. The van der Waals surface area contributed by atoms with E-state index >= 15 is 0 Å². The van der Waals surface area contributed by atoms with E-state index in [9.17, 15) is 0 Å². The summed E-state index contributed by atoms with van der Waals surface area (Å²) >= 11 is 0. The Morgan fingerprint density at radius 3 is 2.65 bits per heavy atom. The third kappa shape index (κ3) is 3.93. The van der Waals surface area contributed by atoms with E-state index in [4.69, 9.17) is 9.47 Å². The Morgan fingerprint density at radius 1 is 1.22 bits per heavy atom. The summed E-state index contributed by atoms with van der Waals surface area (Å²) in [4.78, 5) is 6.52. The summed E-state index contributed by atoms with van der Waals surface area (Å²) in [5, 5.41) is 3.61. The van der Waals surface area contributed by atoms with Crippen molar-refractivity contribution in [1.29, 1.82) is 0 Å². The molecule has 0 bridgehead atoms. The molecule has 1 aromatic heterocycles. The zero-order chi connectivity index (χ0) is 16.1. The summed E-state index contributed by atoms with van der Waals surface area (Å²) in [6.45, 7) is 2.87. The molecule has 1 N–H and O–H groups in total. The van der Waals surface area contributed by atoms with E-state index in [-0.39, 0.29) is 0 Å².